The van der Waals surface area contributed by atoms with E-state index in [1.165, 1.54) is 37.8 Å². The van der Waals surface area contributed by atoms with Crippen LogP contribution in [0.5, 0.6) is 5.75 Å². The Bertz CT molecular complexity index is 1250. The third-order valence-corrected chi connectivity index (χ3v) is 6.03. The Balaban J connectivity index is 1.66. The van der Waals surface area contributed by atoms with Crippen molar-refractivity contribution >= 4 is 10.8 Å². The first-order chi connectivity index (χ1) is 15.6. The molecule has 0 radical (unpaired) electrons. The van der Waals surface area contributed by atoms with Gasteiger partial charge in [0.15, 0.2) is 11.6 Å². The van der Waals surface area contributed by atoms with Crippen molar-refractivity contribution in [1.29, 1.82) is 0 Å². The molecule has 0 aliphatic heterocycles. The summed E-state index contributed by atoms with van der Waals surface area (Å²) < 4.78 is 33.7. The number of fused-ring (bicyclic) bond motifs is 1. The lowest BCUT2D eigenvalue weighted by atomic mass is 9.83. The molecule has 1 aliphatic rings. The number of benzene rings is 3. The zero-order valence-electron chi connectivity index (χ0n) is 18.5. The summed E-state index contributed by atoms with van der Waals surface area (Å²) in [7, 11) is 0. The van der Waals surface area contributed by atoms with E-state index in [9.17, 15) is 8.78 Å². The van der Waals surface area contributed by atoms with Crippen molar-refractivity contribution in [3.8, 4) is 29.4 Å². The predicted molar refractivity (Wildman–Crippen MR) is 125 cm³/mol. The number of hydrogen-bond acceptors (Lipinski definition) is 1. The Kier molecular flexibility index (Phi) is 6.77. The summed E-state index contributed by atoms with van der Waals surface area (Å²) in [6, 6.07) is 14.7. The van der Waals surface area contributed by atoms with Gasteiger partial charge in [-0.15, -0.1) is 0 Å². The van der Waals surface area contributed by atoms with E-state index >= 15 is 0 Å². The lowest BCUT2D eigenvalue weighted by molar-refractivity contribution is 0.314. The molecule has 162 valence electrons. The second-order valence-corrected chi connectivity index (χ2v) is 8.35. The van der Waals surface area contributed by atoms with Crippen LogP contribution in [0.4, 0.5) is 8.78 Å². The molecule has 3 aromatic carbocycles. The van der Waals surface area contributed by atoms with Gasteiger partial charge in [-0.05, 0) is 73.6 Å². The Morgan fingerprint density at radius 3 is 2.03 bits per heavy atom. The van der Waals surface area contributed by atoms with Gasteiger partial charge in [0.2, 0.25) is 5.82 Å². The Morgan fingerprint density at radius 2 is 1.38 bits per heavy atom. The minimum absolute atomic E-state index is 0.00503. The number of rotatable bonds is 2. The molecule has 0 heterocycles. The topological polar surface area (TPSA) is 9.23 Å². The van der Waals surface area contributed by atoms with Gasteiger partial charge in [-0.1, -0.05) is 54.9 Å². The fourth-order valence-electron chi connectivity index (χ4n) is 4.13. The summed E-state index contributed by atoms with van der Waals surface area (Å²) in [5.41, 5.74) is 1.74. The average molecular weight is 429 g/mol. The van der Waals surface area contributed by atoms with Gasteiger partial charge < -0.3 is 4.74 Å². The molecule has 0 N–H and O–H groups in total. The predicted octanol–water partition coefficient (Wildman–Crippen LogP) is 7.09. The highest BCUT2D eigenvalue weighted by molar-refractivity contribution is 5.93. The maximum atomic E-state index is 14.4. The summed E-state index contributed by atoms with van der Waals surface area (Å²) in [5, 5.41) is 1.98. The first-order valence-electron chi connectivity index (χ1n) is 11.2. The first kappa shape index (κ1) is 21.9. The molecule has 1 aliphatic carbocycles. The van der Waals surface area contributed by atoms with Crippen LogP contribution in [0.1, 0.15) is 56.2 Å². The van der Waals surface area contributed by atoms with Crippen LogP contribution in [-0.4, -0.2) is 6.61 Å². The van der Waals surface area contributed by atoms with Crippen molar-refractivity contribution in [2.24, 2.45) is 11.8 Å². The van der Waals surface area contributed by atoms with E-state index in [4.69, 9.17) is 4.74 Å². The summed E-state index contributed by atoms with van der Waals surface area (Å²) in [4.78, 5) is 0. The molecule has 1 saturated carbocycles. The number of ether oxygens (including phenoxy) is 1. The molecule has 0 atom stereocenters. The third-order valence-electron chi connectivity index (χ3n) is 6.03. The van der Waals surface area contributed by atoms with Gasteiger partial charge in [0.25, 0.3) is 0 Å². The molecule has 3 aromatic rings. The second-order valence-electron chi connectivity index (χ2n) is 8.35. The first-order valence-corrected chi connectivity index (χ1v) is 11.2. The van der Waals surface area contributed by atoms with Gasteiger partial charge in [0, 0.05) is 17.0 Å². The normalized spacial score (nSPS) is 17.8. The van der Waals surface area contributed by atoms with Crippen molar-refractivity contribution in [2.75, 3.05) is 6.61 Å². The maximum absolute atomic E-state index is 14.4. The van der Waals surface area contributed by atoms with Gasteiger partial charge >= 0.3 is 0 Å². The summed E-state index contributed by atoms with van der Waals surface area (Å²) in [6.07, 6.45) is 4.83. The highest BCUT2D eigenvalue weighted by Crippen LogP contribution is 2.28. The van der Waals surface area contributed by atoms with Crippen molar-refractivity contribution in [1.82, 2.24) is 0 Å². The van der Waals surface area contributed by atoms with Gasteiger partial charge in [-0.25, -0.2) is 4.39 Å². The van der Waals surface area contributed by atoms with Crippen LogP contribution in [0.25, 0.3) is 10.8 Å². The fourth-order valence-corrected chi connectivity index (χ4v) is 4.13. The molecular weight excluding hydrogens is 402 g/mol. The number of halogens is 2. The molecule has 0 spiro atoms. The summed E-state index contributed by atoms with van der Waals surface area (Å²) in [6.45, 7) is 4.30. The Morgan fingerprint density at radius 1 is 0.781 bits per heavy atom. The lowest BCUT2D eigenvalue weighted by Gasteiger charge is -2.22. The minimum Gasteiger partial charge on any atom is -0.491 e. The van der Waals surface area contributed by atoms with Crippen molar-refractivity contribution in [2.45, 2.75) is 39.5 Å². The molecule has 0 unspecified atom stereocenters. The quantitative estimate of drug-likeness (QED) is 0.396. The van der Waals surface area contributed by atoms with Crippen LogP contribution in [0.15, 0.2) is 48.5 Å². The molecule has 0 bridgehead atoms. The van der Waals surface area contributed by atoms with Crippen molar-refractivity contribution in [3.63, 3.8) is 0 Å². The van der Waals surface area contributed by atoms with Gasteiger partial charge in [-0.2, -0.15) is 4.39 Å². The molecule has 0 saturated heterocycles. The zero-order chi connectivity index (χ0) is 22.5. The Hall–Kier alpha value is -3.30. The van der Waals surface area contributed by atoms with E-state index in [1.54, 1.807) is 6.92 Å². The van der Waals surface area contributed by atoms with Crippen LogP contribution in [0.3, 0.4) is 0 Å². The molecule has 1 fully saturated rings. The van der Waals surface area contributed by atoms with Gasteiger partial charge in [0.05, 0.1) is 12.2 Å². The van der Waals surface area contributed by atoms with Crippen LogP contribution >= 0.6 is 0 Å². The molecule has 4 rings (SSSR count). The minimum atomic E-state index is -1.01. The van der Waals surface area contributed by atoms with Crippen LogP contribution in [-0.2, 0) is 0 Å². The van der Waals surface area contributed by atoms with E-state index in [-0.39, 0.29) is 17.9 Å². The molecule has 1 nitrogen and oxygen atoms in total. The monoisotopic (exact) mass is 428 g/mol. The van der Waals surface area contributed by atoms with Gasteiger partial charge in [0.1, 0.15) is 0 Å². The van der Waals surface area contributed by atoms with Crippen LogP contribution in [0.2, 0.25) is 0 Å². The number of hydrogen-bond donors (Lipinski definition) is 0. The fraction of sp³-hybridized carbons (Fsp3) is 0.310. The molecule has 0 aromatic heterocycles. The second kappa shape index (κ2) is 9.88. The van der Waals surface area contributed by atoms with Crippen LogP contribution < -0.4 is 4.74 Å². The van der Waals surface area contributed by atoms with E-state index in [2.05, 4.69) is 30.6 Å². The van der Waals surface area contributed by atoms with Crippen LogP contribution in [0, 0.1) is 47.2 Å². The molecular formula is C29H26F2O. The van der Waals surface area contributed by atoms with Crippen molar-refractivity contribution < 1.29 is 13.5 Å². The lowest BCUT2D eigenvalue weighted by Crippen LogP contribution is -2.10. The molecule has 3 heteroatoms. The Labute approximate surface area is 188 Å². The zero-order valence-corrected chi connectivity index (χ0v) is 18.5. The highest BCUT2D eigenvalue weighted by Gasteiger charge is 2.16. The smallest absolute Gasteiger partial charge is 0.201 e. The summed E-state index contributed by atoms with van der Waals surface area (Å²) >= 11 is 0. The van der Waals surface area contributed by atoms with E-state index in [0.717, 1.165) is 27.8 Å². The molecule has 32 heavy (non-hydrogen) atoms. The standard InChI is InChI=1S/C29H26F2O/c1-3-32-27-19-18-24(28(30)29(27)31)17-16-23-15-14-22(25-6-4-5-7-26(23)25)13-12-21-10-8-20(2)9-11-21/h4-7,14-15,18-21H,3,8-11H2,1-2H3. The third kappa shape index (κ3) is 4.79. The summed E-state index contributed by atoms with van der Waals surface area (Å²) in [5.74, 6) is 11.8. The van der Waals surface area contributed by atoms with E-state index in [1.807, 2.05) is 36.4 Å². The van der Waals surface area contributed by atoms with E-state index < -0.39 is 11.6 Å². The average Bonchev–Trinajstić information content (AvgIpc) is 2.82. The molecule has 0 amide bonds. The highest BCUT2D eigenvalue weighted by atomic mass is 19.2. The largest absolute Gasteiger partial charge is 0.491 e. The maximum Gasteiger partial charge on any atom is 0.201 e. The SMILES string of the molecule is CCOc1ccc(C#Cc2ccc(C#CC3CCC(C)CC3)c3ccccc23)c(F)c1F. The van der Waals surface area contributed by atoms with Gasteiger partial charge in [-0.3, -0.25) is 0 Å². The van der Waals surface area contributed by atoms with E-state index in [0.29, 0.717) is 5.92 Å². The van der Waals surface area contributed by atoms with Crippen molar-refractivity contribution in [3.05, 3.63) is 76.9 Å².